The number of para-hydroxylation sites is 8. The minimum atomic E-state index is -3.11. The van der Waals surface area contributed by atoms with Crippen LogP contribution in [0.4, 0.5) is 0 Å². The largest absolute Gasteiger partial charge is 0.294 e. The zero-order chi connectivity index (χ0) is 58.6. The fourth-order valence-electron chi connectivity index (χ4n) is 14.2. The quantitative estimate of drug-likeness (QED) is 0.101. The molecule has 416 valence electrons. The van der Waals surface area contributed by atoms with Gasteiger partial charge in [-0.2, -0.15) is 19.9 Å². The Labute approximate surface area is 512 Å². The highest BCUT2D eigenvalue weighted by atomic mass is 28.3. The zero-order valence-electron chi connectivity index (χ0n) is 48.0. The molecule has 6 heterocycles. The third-order valence-corrected chi connectivity index (χ3v) is 22.9. The van der Waals surface area contributed by atoms with E-state index < -0.39 is 8.07 Å². The molecule has 0 aliphatic carbocycles. The predicted octanol–water partition coefficient (Wildman–Crippen LogP) is 15.8. The first-order valence-corrected chi connectivity index (χ1v) is 32.1. The van der Waals surface area contributed by atoms with E-state index >= 15 is 0 Å². The Balaban J connectivity index is 0.825. The summed E-state index contributed by atoms with van der Waals surface area (Å²) in [6.45, 7) is 0. The Morgan fingerprint density at radius 1 is 0.213 bits per heavy atom. The minimum absolute atomic E-state index is 0.541. The molecule has 18 rings (SSSR count). The Kier molecular flexibility index (Phi) is 11.4. The van der Waals surface area contributed by atoms with Crippen molar-refractivity contribution in [1.29, 1.82) is 0 Å². The Hall–Kier alpha value is -11.9. The second-order valence-electron chi connectivity index (χ2n) is 22.8. The van der Waals surface area contributed by atoms with Gasteiger partial charge in [0, 0.05) is 60.3 Å². The van der Waals surface area contributed by atoms with Gasteiger partial charge in [-0.1, -0.05) is 255 Å². The van der Waals surface area contributed by atoms with Crippen LogP contribution >= 0.6 is 0 Å². The van der Waals surface area contributed by atoms with Crippen LogP contribution in [-0.4, -0.2) is 51.3 Å². The molecule has 6 aromatic heterocycles. The standard InChI is InChI=1S/C79H51N9Si/c1-3-23-54(24-4-1)89(55-25-5-2-6-26-55,56-47-43-52(44-48-56)66-51-75(85-67-35-15-7-27-58(67)59-28-8-16-36-68(59)85)81-77(80-66)86-69-37-17-9-29-60(69)61-30-10-18-38-70(61)86)57-49-45-53(46-50-57)76-82-78(87-71-39-19-11-31-62(71)63-32-12-20-40-72(63)87)84-79(83-76)88-73-41-21-13-33-64(73)65-34-14-22-42-74(65)88/h1-51H. The smallest absolute Gasteiger partial charge is 0.240 e. The number of nitrogens with zero attached hydrogens (tertiary/aromatic N) is 9. The predicted molar refractivity (Wildman–Crippen MR) is 367 cm³/mol. The molecular weight excluding hydrogens is 1100 g/mol. The lowest BCUT2D eigenvalue weighted by molar-refractivity contribution is 0.893. The second kappa shape index (κ2) is 20.1. The van der Waals surface area contributed by atoms with Gasteiger partial charge in [-0.05, 0) is 69.3 Å². The first kappa shape index (κ1) is 50.5. The van der Waals surface area contributed by atoms with Crippen LogP contribution in [0.5, 0.6) is 0 Å². The second-order valence-corrected chi connectivity index (χ2v) is 26.6. The lowest BCUT2D eigenvalue weighted by Gasteiger charge is -2.34. The summed E-state index contributed by atoms with van der Waals surface area (Å²) in [5, 5.41) is 14.1. The number of aromatic nitrogens is 9. The summed E-state index contributed by atoms with van der Waals surface area (Å²) in [5.41, 5.74) is 11.0. The van der Waals surface area contributed by atoms with E-state index in [1.165, 1.54) is 31.5 Å². The van der Waals surface area contributed by atoms with E-state index in [1.807, 2.05) is 0 Å². The van der Waals surface area contributed by atoms with Gasteiger partial charge in [0.2, 0.25) is 17.8 Å². The van der Waals surface area contributed by atoms with Crippen molar-refractivity contribution in [2.24, 2.45) is 0 Å². The fourth-order valence-corrected chi connectivity index (χ4v) is 18.9. The van der Waals surface area contributed by atoms with Gasteiger partial charge >= 0.3 is 0 Å². The number of rotatable bonds is 10. The summed E-state index contributed by atoms with van der Waals surface area (Å²) in [5.74, 6) is 3.04. The topological polar surface area (TPSA) is 84.2 Å². The van der Waals surface area contributed by atoms with Crippen molar-refractivity contribution in [2.45, 2.75) is 0 Å². The number of benzene rings is 12. The van der Waals surface area contributed by atoms with E-state index in [2.05, 4.69) is 328 Å². The highest BCUT2D eigenvalue weighted by Gasteiger charge is 2.41. The third-order valence-electron chi connectivity index (χ3n) is 18.1. The lowest BCUT2D eigenvalue weighted by Crippen LogP contribution is -2.74. The van der Waals surface area contributed by atoms with Crippen LogP contribution < -0.4 is 20.7 Å². The molecule has 0 spiro atoms. The number of fused-ring (bicyclic) bond motifs is 12. The molecule has 0 saturated carbocycles. The molecule has 0 atom stereocenters. The monoisotopic (exact) mass is 1150 g/mol. The van der Waals surface area contributed by atoms with E-state index in [4.69, 9.17) is 24.9 Å². The summed E-state index contributed by atoms with van der Waals surface area (Å²) >= 11 is 0. The maximum Gasteiger partial charge on any atom is 0.240 e. The average molecular weight is 1150 g/mol. The van der Waals surface area contributed by atoms with Gasteiger partial charge in [0.05, 0.1) is 49.8 Å². The maximum atomic E-state index is 5.56. The normalized spacial score (nSPS) is 12.0. The molecule has 10 heteroatoms. The number of hydrogen-bond acceptors (Lipinski definition) is 5. The molecule has 0 N–H and O–H groups in total. The fraction of sp³-hybridized carbons (Fsp3) is 0. The van der Waals surface area contributed by atoms with Crippen molar-refractivity contribution in [3.63, 3.8) is 0 Å². The summed E-state index contributed by atoms with van der Waals surface area (Å²) in [4.78, 5) is 27.4. The van der Waals surface area contributed by atoms with E-state index in [9.17, 15) is 0 Å². The summed E-state index contributed by atoms with van der Waals surface area (Å²) in [7, 11) is -3.11. The molecular formula is C79H51N9Si. The van der Waals surface area contributed by atoms with Gasteiger partial charge in [0.25, 0.3) is 0 Å². The molecule has 9 nitrogen and oxygen atoms in total. The van der Waals surface area contributed by atoms with E-state index in [0.29, 0.717) is 23.7 Å². The molecule has 12 aromatic carbocycles. The van der Waals surface area contributed by atoms with Crippen molar-refractivity contribution in [2.75, 3.05) is 0 Å². The Bertz CT molecular complexity index is 4970. The van der Waals surface area contributed by atoms with Crippen LogP contribution in [0.25, 0.3) is 134 Å². The van der Waals surface area contributed by atoms with Crippen molar-refractivity contribution < 1.29 is 0 Å². The molecule has 18 aromatic rings. The molecule has 0 fully saturated rings. The van der Waals surface area contributed by atoms with E-state index in [-0.39, 0.29) is 0 Å². The van der Waals surface area contributed by atoms with Gasteiger partial charge in [-0.25, -0.2) is 4.98 Å². The van der Waals surface area contributed by atoms with Gasteiger partial charge < -0.3 is 0 Å². The Morgan fingerprint density at radius 3 is 0.820 bits per heavy atom. The summed E-state index contributed by atoms with van der Waals surface area (Å²) in [6.07, 6.45) is 0. The molecule has 89 heavy (non-hydrogen) atoms. The van der Waals surface area contributed by atoms with Crippen molar-refractivity contribution in [3.05, 3.63) is 309 Å². The molecule has 0 bridgehead atoms. The summed E-state index contributed by atoms with van der Waals surface area (Å²) < 4.78 is 8.89. The van der Waals surface area contributed by atoms with Gasteiger partial charge in [0.1, 0.15) is 5.82 Å². The summed E-state index contributed by atoms with van der Waals surface area (Å²) in [6, 6.07) is 111. The first-order valence-electron chi connectivity index (χ1n) is 30.1. The van der Waals surface area contributed by atoms with E-state index in [0.717, 1.165) is 99.1 Å². The molecule has 0 saturated heterocycles. The minimum Gasteiger partial charge on any atom is -0.294 e. The van der Waals surface area contributed by atoms with Gasteiger partial charge in [0.15, 0.2) is 13.9 Å². The van der Waals surface area contributed by atoms with Crippen molar-refractivity contribution >= 4 is 116 Å². The van der Waals surface area contributed by atoms with Crippen molar-refractivity contribution in [1.82, 2.24) is 43.2 Å². The van der Waals surface area contributed by atoms with Crippen LogP contribution in [0.3, 0.4) is 0 Å². The maximum absolute atomic E-state index is 5.56. The third kappa shape index (κ3) is 7.77. The van der Waals surface area contributed by atoms with Crippen LogP contribution in [0.1, 0.15) is 0 Å². The van der Waals surface area contributed by atoms with Crippen LogP contribution in [0, 0.1) is 0 Å². The first-order chi connectivity index (χ1) is 44.2. The number of hydrogen-bond donors (Lipinski definition) is 0. The molecule has 0 aliphatic rings. The van der Waals surface area contributed by atoms with Crippen LogP contribution in [0.15, 0.2) is 309 Å². The molecule has 0 radical (unpaired) electrons. The van der Waals surface area contributed by atoms with Crippen LogP contribution in [0.2, 0.25) is 0 Å². The van der Waals surface area contributed by atoms with Gasteiger partial charge in [-0.15, -0.1) is 0 Å². The van der Waals surface area contributed by atoms with E-state index in [1.54, 1.807) is 0 Å². The highest BCUT2D eigenvalue weighted by Crippen LogP contribution is 2.38. The van der Waals surface area contributed by atoms with Crippen molar-refractivity contribution in [3.8, 4) is 46.3 Å². The highest BCUT2D eigenvalue weighted by molar-refractivity contribution is 7.19. The lowest BCUT2D eigenvalue weighted by atomic mass is 10.1. The molecule has 0 aliphatic heterocycles. The molecule has 0 amide bonds. The van der Waals surface area contributed by atoms with Gasteiger partial charge in [-0.3, -0.25) is 18.3 Å². The SMILES string of the molecule is c1ccc([Si](c2ccccc2)(c2ccc(-c3cc(-n4c5ccccc5c5ccccc54)nc(-n4c5ccccc5c5ccccc54)n3)cc2)c2ccc(-c3nc(-n4c5ccccc5c5ccccc54)nc(-n4c5ccccc5c5ccccc54)n3)cc2)cc1. The van der Waals surface area contributed by atoms with Crippen LogP contribution in [-0.2, 0) is 0 Å². The molecule has 0 unspecified atom stereocenters. The Morgan fingerprint density at radius 2 is 0.483 bits per heavy atom. The average Bonchev–Trinajstić information content (AvgIpc) is 1.53. The zero-order valence-corrected chi connectivity index (χ0v) is 49.0.